The zero-order valence-corrected chi connectivity index (χ0v) is 15.8. The van der Waals surface area contributed by atoms with Crippen LogP contribution in [0, 0.1) is 0 Å². The predicted molar refractivity (Wildman–Crippen MR) is 105 cm³/mol. The molecule has 4 heteroatoms. The van der Waals surface area contributed by atoms with Crippen LogP contribution in [0.3, 0.4) is 0 Å². The first-order valence-corrected chi connectivity index (χ1v) is 10.9. The van der Waals surface area contributed by atoms with Gasteiger partial charge in [-0.1, -0.05) is 0 Å². The third-order valence-corrected chi connectivity index (χ3v) is 11.5. The van der Waals surface area contributed by atoms with Gasteiger partial charge in [0.05, 0.1) is 0 Å². The molecule has 0 radical (unpaired) electrons. The van der Waals surface area contributed by atoms with Gasteiger partial charge in [0, 0.05) is 0 Å². The van der Waals surface area contributed by atoms with E-state index in [1.807, 2.05) is 36.4 Å². The van der Waals surface area contributed by atoms with Gasteiger partial charge in [-0.2, -0.15) is 0 Å². The second kappa shape index (κ2) is 5.03. The molecule has 130 valence electrons. The summed E-state index contributed by atoms with van der Waals surface area (Å²) in [5.74, 6) is -0.0407. The summed E-state index contributed by atoms with van der Waals surface area (Å²) in [5.41, 5.74) is 1.51. The third kappa shape index (κ3) is 1.97. The molecule has 1 atom stereocenters. The van der Waals surface area contributed by atoms with E-state index in [1.54, 1.807) is 0 Å². The number of hydrogen-bond donors (Lipinski definition) is 1. The van der Waals surface area contributed by atoms with Gasteiger partial charge in [0.25, 0.3) is 0 Å². The van der Waals surface area contributed by atoms with Crippen LogP contribution in [0.1, 0.15) is 37.6 Å². The van der Waals surface area contributed by atoms with Gasteiger partial charge in [0.1, 0.15) is 0 Å². The van der Waals surface area contributed by atoms with Crippen LogP contribution in [0.2, 0.25) is 0 Å². The van der Waals surface area contributed by atoms with Crippen LogP contribution in [-0.2, 0) is 4.52 Å². The SMILES string of the molecule is C=C(C)[C@H]1CC(C)(C)OP12(c1ccccc1)NC(=O)c1ccccc12. The molecule has 3 nitrogen and oxygen atoms in total. The molecule has 0 aliphatic carbocycles. The van der Waals surface area contributed by atoms with Crippen LogP contribution in [0.4, 0.5) is 0 Å². The second-order valence-electron chi connectivity index (χ2n) is 7.81. The van der Waals surface area contributed by atoms with Crippen molar-refractivity contribution in [3.05, 3.63) is 72.3 Å². The first kappa shape index (κ1) is 16.5. The van der Waals surface area contributed by atoms with Crippen LogP contribution < -0.4 is 15.7 Å². The van der Waals surface area contributed by atoms with Crippen LogP contribution in [-0.4, -0.2) is 17.2 Å². The van der Waals surface area contributed by atoms with E-state index in [-0.39, 0.29) is 17.2 Å². The molecule has 0 bridgehead atoms. The van der Waals surface area contributed by atoms with Crippen molar-refractivity contribution in [2.24, 2.45) is 0 Å². The van der Waals surface area contributed by atoms with E-state index < -0.39 is 6.98 Å². The molecular weight excluding hydrogens is 329 g/mol. The van der Waals surface area contributed by atoms with Crippen LogP contribution in [0.5, 0.6) is 0 Å². The van der Waals surface area contributed by atoms with Gasteiger partial charge < -0.3 is 0 Å². The quantitative estimate of drug-likeness (QED) is 0.657. The third-order valence-electron chi connectivity index (χ3n) is 5.50. The number of carbonyl (C=O) groups is 1. The van der Waals surface area contributed by atoms with Crippen LogP contribution in [0.25, 0.3) is 0 Å². The first-order valence-electron chi connectivity index (χ1n) is 8.66. The summed E-state index contributed by atoms with van der Waals surface area (Å²) in [7, 11) is 0. The molecule has 1 fully saturated rings. The van der Waals surface area contributed by atoms with Gasteiger partial charge in [-0.05, 0) is 0 Å². The number of nitrogens with one attached hydrogen (secondary N) is 1. The fourth-order valence-corrected chi connectivity index (χ4v) is 11.5. The fraction of sp³-hybridized carbons (Fsp3) is 0.286. The number of carbonyl (C=O) groups excluding carboxylic acids is 1. The molecule has 1 saturated heterocycles. The minimum absolute atomic E-state index is 0.0407. The van der Waals surface area contributed by atoms with Crippen LogP contribution >= 0.6 is 6.98 Å². The van der Waals surface area contributed by atoms with E-state index in [9.17, 15) is 4.79 Å². The molecule has 2 heterocycles. The molecule has 2 aliphatic heterocycles. The Morgan fingerprint density at radius 1 is 1.16 bits per heavy atom. The van der Waals surface area contributed by atoms with E-state index in [2.05, 4.69) is 50.6 Å². The molecule has 0 unspecified atom stereocenters. The Kier molecular flexibility index (Phi) is 3.32. The second-order valence-corrected chi connectivity index (χ2v) is 12.0. The molecule has 4 rings (SSSR count). The molecule has 0 saturated carbocycles. The van der Waals surface area contributed by atoms with Crippen molar-refractivity contribution in [2.45, 2.75) is 38.5 Å². The maximum atomic E-state index is 13.0. The van der Waals surface area contributed by atoms with Crippen molar-refractivity contribution < 1.29 is 9.32 Å². The molecule has 2 aromatic carbocycles. The van der Waals surface area contributed by atoms with Crippen molar-refractivity contribution in [2.75, 3.05) is 0 Å². The number of amides is 1. The normalized spacial score (nSPS) is 26.4. The Morgan fingerprint density at radius 3 is 2.48 bits per heavy atom. The number of benzene rings is 2. The van der Waals surface area contributed by atoms with E-state index >= 15 is 0 Å². The van der Waals surface area contributed by atoms with Gasteiger partial charge in [0.15, 0.2) is 0 Å². The average molecular weight is 353 g/mol. The number of allylic oxidation sites excluding steroid dienone is 1. The Labute approximate surface area is 149 Å². The van der Waals surface area contributed by atoms with Crippen molar-refractivity contribution >= 4 is 23.5 Å². The molecule has 25 heavy (non-hydrogen) atoms. The Bertz CT molecular complexity index is 892. The van der Waals surface area contributed by atoms with Crippen molar-refractivity contribution in [1.82, 2.24) is 5.09 Å². The topological polar surface area (TPSA) is 38.3 Å². The summed E-state index contributed by atoms with van der Waals surface area (Å²) in [6.07, 6.45) is 0.837. The fourth-order valence-electron chi connectivity index (χ4n) is 4.70. The number of fused-ring (bicyclic) bond motifs is 2. The summed E-state index contributed by atoms with van der Waals surface area (Å²) in [6, 6.07) is 18.1. The zero-order chi connectivity index (χ0) is 17.9. The average Bonchev–Trinajstić information content (AvgIpc) is 3.00. The first-order chi connectivity index (χ1) is 11.8. The van der Waals surface area contributed by atoms with Gasteiger partial charge in [0.2, 0.25) is 0 Å². The Hall–Kier alpha value is -1.96. The van der Waals surface area contributed by atoms with E-state index in [0.29, 0.717) is 0 Å². The van der Waals surface area contributed by atoms with Gasteiger partial charge in [-0.15, -0.1) is 0 Å². The van der Waals surface area contributed by atoms with Crippen molar-refractivity contribution in [3.63, 3.8) is 0 Å². The Morgan fingerprint density at radius 2 is 1.80 bits per heavy atom. The summed E-state index contributed by atoms with van der Waals surface area (Å²) in [6.45, 7) is 7.15. The monoisotopic (exact) mass is 353 g/mol. The molecule has 1 N–H and O–H groups in total. The number of rotatable bonds is 2. The van der Waals surface area contributed by atoms with Crippen molar-refractivity contribution in [1.29, 1.82) is 0 Å². The molecule has 1 amide bonds. The van der Waals surface area contributed by atoms with Gasteiger partial charge in [-0.25, -0.2) is 0 Å². The van der Waals surface area contributed by atoms with Crippen molar-refractivity contribution in [3.8, 4) is 0 Å². The standard InChI is InChI=1S/C21H24NO2P/c1-15(2)19-14-21(3,4)24-25(19,16-10-6-5-7-11-16)18-13-9-8-12-17(18)20(23)22-25/h5-13,19H,1,14H2,2-4H3,(H,22,23)/t19-/m1/s1. The summed E-state index contributed by atoms with van der Waals surface area (Å²) < 4.78 is 6.98. The van der Waals surface area contributed by atoms with E-state index in [1.165, 1.54) is 0 Å². The predicted octanol–water partition coefficient (Wildman–Crippen LogP) is 3.91. The van der Waals surface area contributed by atoms with Crippen LogP contribution in [0.15, 0.2) is 66.7 Å². The Balaban J connectivity index is 2.17. The maximum absolute atomic E-state index is 13.0. The minimum atomic E-state index is -3.42. The molecular formula is C21H24NO2P. The zero-order valence-electron chi connectivity index (χ0n) is 15.0. The molecule has 0 aromatic heterocycles. The number of hydrogen-bond acceptors (Lipinski definition) is 2. The van der Waals surface area contributed by atoms with E-state index in [0.717, 1.165) is 28.2 Å². The van der Waals surface area contributed by atoms with Gasteiger partial charge >= 0.3 is 149 Å². The van der Waals surface area contributed by atoms with E-state index in [4.69, 9.17) is 4.52 Å². The molecule has 2 aromatic rings. The summed E-state index contributed by atoms with van der Waals surface area (Å²) >= 11 is 0. The molecule has 1 spiro atoms. The summed E-state index contributed by atoms with van der Waals surface area (Å²) in [5, 5.41) is 5.51. The van der Waals surface area contributed by atoms with Gasteiger partial charge in [-0.3, -0.25) is 0 Å². The summed E-state index contributed by atoms with van der Waals surface area (Å²) in [4.78, 5) is 13.0. The molecule has 2 aliphatic rings.